The quantitative estimate of drug-likeness (QED) is 0.589. The largest absolute Gasteiger partial charge is 0.351 e. The lowest BCUT2D eigenvalue weighted by Gasteiger charge is -2.19. The van der Waals surface area contributed by atoms with Crippen molar-refractivity contribution in [3.8, 4) is 0 Å². The van der Waals surface area contributed by atoms with E-state index < -0.39 is 0 Å². The number of hydrogen-bond donors (Lipinski definition) is 1. The van der Waals surface area contributed by atoms with Crippen LogP contribution >= 0.6 is 27.7 Å². The summed E-state index contributed by atoms with van der Waals surface area (Å²) >= 11 is 5.35. The highest BCUT2D eigenvalue weighted by molar-refractivity contribution is 9.09. The molecule has 1 N–H and O–H groups in total. The topological polar surface area (TPSA) is 29.1 Å². The molecule has 4 heteroatoms. The minimum atomic E-state index is 0.00283. The number of amides is 1. The highest BCUT2D eigenvalue weighted by Crippen LogP contribution is 2.19. The third kappa shape index (κ3) is 5.19. The monoisotopic (exact) mass is 343 g/mol. The van der Waals surface area contributed by atoms with Crippen molar-refractivity contribution >= 4 is 33.6 Å². The molecule has 0 saturated carbocycles. The number of nitrogens with one attached hydrogen (secondary N) is 1. The van der Waals surface area contributed by atoms with Crippen LogP contribution in [0.15, 0.2) is 29.2 Å². The van der Waals surface area contributed by atoms with Crippen molar-refractivity contribution in [2.24, 2.45) is 5.92 Å². The van der Waals surface area contributed by atoms with Gasteiger partial charge in [-0.2, -0.15) is 0 Å². The van der Waals surface area contributed by atoms with Crippen molar-refractivity contribution in [1.29, 1.82) is 0 Å². The van der Waals surface area contributed by atoms with Gasteiger partial charge >= 0.3 is 0 Å². The van der Waals surface area contributed by atoms with Gasteiger partial charge in [-0.05, 0) is 36.4 Å². The van der Waals surface area contributed by atoms with Crippen molar-refractivity contribution < 1.29 is 4.79 Å². The predicted octanol–water partition coefficient (Wildman–Crippen LogP) is 4.34. The van der Waals surface area contributed by atoms with Gasteiger partial charge < -0.3 is 5.32 Å². The Bertz CT molecular complexity index is 390. The fourth-order valence-electron chi connectivity index (χ4n) is 2.00. The van der Waals surface area contributed by atoms with Crippen LogP contribution in [0.2, 0.25) is 0 Å². The molecule has 0 aliphatic rings. The average Bonchev–Trinajstić information content (AvgIpc) is 2.46. The average molecular weight is 344 g/mol. The van der Waals surface area contributed by atoms with Crippen LogP contribution in [0.3, 0.4) is 0 Å². The maximum absolute atomic E-state index is 12.0. The normalized spacial score (nSPS) is 12.5. The SMILES string of the molecule is CCC(CC)C(Br)CNC(=O)c1ccc(SC)cc1. The first kappa shape index (κ1) is 16.6. The summed E-state index contributed by atoms with van der Waals surface area (Å²) < 4.78 is 0. The van der Waals surface area contributed by atoms with Crippen LogP contribution in [0.25, 0.3) is 0 Å². The van der Waals surface area contributed by atoms with E-state index in [9.17, 15) is 4.79 Å². The van der Waals surface area contributed by atoms with Crippen LogP contribution < -0.4 is 5.32 Å². The number of thioether (sulfide) groups is 1. The fourth-order valence-corrected chi connectivity index (χ4v) is 3.32. The maximum atomic E-state index is 12.0. The lowest BCUT2D eigenvalue weighted by atomic mass is 9.99. The van der Waals surface area contributed by atoms with E-state index in [-0.39, 0.29) is 5.91 Å². The van der Waals surface area contributed by atoms with Crippen molar-refractivity contribution in [1.82, 2.24) is 5.32 Å². The Morgan fingerprint density at radius 1 is 1.26 bits per heavy atom. The van der Waals surface area contributed by atoms with Gasteiger partial charge in [0.25, 0.3) is 5.91 Å². The molecule has 1 amide bonds. The number of benzene rings is 1. The Hall–Kier alpha value is -0.480. The van der Waals surface area contributed by atoms with Gasteiger partial charge in [0.1, 0.15) is 0 Å². The summed E-state index contributed by atoms with van der Waals surface area (Å²) in [5, 5.41) is 2.99. The van der Waals surface area contributed by atoms with Crippen LogP contribution in [-0.4, -0.2) is 23.5 Å². The van der Waals surface area contributed by atoms with Crippen LogP contribution in [-0.2, 0) is 0 Å². The molecule has 0 radical (unpaired) electrons. The summed E-state index contributed by atoms with van der Waals surface area (Å²) in [7, 11) is 0. The molecular weight excluding hydrogens is 322 g/mol. The van der Waals surface area contributed by atoms with E-state index in [4.69, 9.17) is 0 Å². The second-order valence-electron chi connectivity index (χ2n) is 4.53. The zero-order valence-corrected chi connectivity index (χ0v) is 14.2. The minimum Gasteiger partial charge on any atom is -0.351 e. The Morgan fingerprint density at radius 3 is 2.32 bits per heavy atom. The van der Waals surface area contributed by atoms with Gasteiger partial charge in [-0.1, -0.05) is 42.6 Å². The van der Waals surface area contributed by atoms with E-state index in [0.29, 0.717) is 17.3 Å². The summed E-state index contributed by atoms with van der Waals surface area (Å²) in [6.07, 6.45) is 4.29. The van der Waals surface area contributed by atoms with Gasteiger partial charge in [-0.15, -0.1) is 11.8 Å². The van der Waals surface area contributed by atoms with Crippen molar-refractivity contribution in [2.75, 3.05) is 12.8 Å². The molecule has 0 aliphatic heterocycles. The van der Waals surface area contributed by atoms with E-state index in [1.54, 1.807) is 11.8 Å². The zero-order valence-electron chi connectivity index (χ0n) is 11.8. The number of halogens is 1. The summed E-state index contributed by atoms with van der Waals surface area (Å²) in [5.74, 6) is 0.613. The van der Waals surface area contributed by atoms with E-state index in [0.717, 1.165) is 18.4 Å². The van der Waals surface area contributed by atoms with E-state index in [2.05, 4.69) is 35.1 Å². The summed E-state index contributed by atoms with van der Waals surface area (Å²) in [5.41, 5.74) is 0.724. The minimum absolute atomic E-state index is 0.00283. The van der Waals surface area contributed by atoms with E-state index in [1.165, 1.54) is 4.90 Å². The molecule has 106 valence electrons. The molecule has 1 rings (SSSR count). The molecule has 1 unspecified atom stereocenters. The second-order valence-corrected chi connectivity index (χ2v) is 6.59. The molecule has 0 spiro atoms. The molecule has 19 heavy (non-hydrogen) atoms. The smallest absolute Gasteiger partial charge is 0.251 e. The van der Waals surface area contributed by atoms with E-state index >= 15 is 0 Å². The highest BCUT2D eigenvalue weighted by atomic mass is 79.9. The van der Waals surface area contributed by atoms with Crippen LogP contribution in [0.5, 0.6) is 0 Å². The Morgan fingerprint density at radius 2 is 1.84 bits per heavy atom. The van der Waals surface area contributed by atoms with Crippen molar-refractivity contribution in [3.63, 3.8) is 0 Å². The maximum Gasteiger partial charge on any atom is 0.251 e. The summed E-state index contributed by atoms with van der Waals surface area (Å²) in [4.78, 5) is 13.5. The third-order valence-electron chi connectivity index (χ3n) is 3.37. The molecule has 0 heterocycles. The molecule has 0 saturated heterocycles. The first-order valence-corrected chi connectivity index (χ1v) is 8.82. The Balaban J connectivity index is 2.50. The molecule has 2 nitrogen and oxygen atoms in total. The lowest BCUT2D eigenvalue weighted by molar-refractivity contribution is 0.0952. The lowest BCUT2D eigenvalue weighted by Crippen LogP contribution is -2.32. The molecule has 1 aromatic rings. The second kappa shape index (κ2) is 8.64. The first-order chi connectivity index (χ1) is 9.12. The van der Waals surface area contributed by atoms with Crippen LogP contribution in [0.4, 0.5) is 0 Å². The molecule has 0 aliphatic carbocycles. The first-order valence-electron chi connectivity index (χ1n) is 6.68. The molecule has 1 atom stereocenters. The number of hydrogen-bond acceptors (Lipinski definition) is 2. The Labute approximate surface area is 128 Å². The van der Waals surface area contributed by atoms with Crippen molar-refractivity contribution in [3.05, 3.63) is 29.8 Å². The molecular formula is C15H22BrNOS. The summed E-state index contributed by atoms with van der Waals surface area (Å²) in [6.45, 7) is 5.05. The number of rotatable bonds is 7. The van der Waals surface area contributed by atoms with E-state index in [1.807, 2.05) is 30.5 Å². The summed E-state index contributed by atoms with van der Waals surface area (Å²) in [6, 6.07) is 7.71. The molecule has 0 fully saturated rings. The number of carbonyl (C=O) groups excluding carboxylic acids is 1. The zero-order chi connectivity index (χ0) is 14.3. The fraction of sp³-hybridized carbons (Fsp3) is 0.533. The number of carbonyl (C=O) groups is 1. The predicted molar refractivity (Wildman–Crippen MR) is 87.3 cm³/mol. The highest BCUT2D eigenvalue weighted by Gasteiger charge is 2.16. The van der Waals surface area contributed by atoms with Gasteiger partial charge in [0.05, 0.1) is 0 Å². The molecule has 1 aromatic carbocycles. The van der Waals surface area contributed by atoms with Crippen LogP contribution in [0.1, 0.15) is 37.0 Å². The van der Waals surface area contributed by atoms with Gasteiger partial charge in [0, 0.05) is 21.8 Å². The van der Waals surface area contributed by atoms with Gasteiger partial charge in [-0.25, -0.2) is 0 Å². The van der Waals surface area contributed by atoms with Crippen molar-refractivity contribution in [2.45, 2.75) is 36.4 Å². The van der Waals surface area contributed by atoms with Crippen LogP contribution in [0, 0.1) is 5.92 Å². The van der Waals surface area contributed by atoms with Gasteiger partial charge in [0.15, 0.2) is 0 Å². The van der Waals surface area contributed by atoms with Gasteiger partial charge in [-0.3, -0.25) is 4.79 Å². The Kier molecular flexibility index (Phi) is 7.54. The third-order valence-corrected chi connectivity index (χ3v) is 5.19. The standard InChI is InChI=1S/C15H22BrNOS/c1-4-11(5-2)14(16)10-17-15(18)12-6-8-13(19-3)9-7-12/h6-9,11,14H,4-5,10H2,1-3H3,(H,17,18). The van der Waals surface area contributed by atoms with Gasteiger partial charge in [0.2, 0.25) is 0 Å². The molecule has 0 bridgehead atoms. The molecule has 0 aromatic heterocycles. The number of alkyl halides is 1.